The normalized spacial score (nSPS) is 26.3. The number of H-pyrrole nitrogens is 1. The molecular formula is C42H54N8O8. The average Bonchev–Trinajstić information content (AvgIpc) is 3.98. The Balaban J connectivity index is 1.36. The minimum atomic E-state index is -1.48. The van der Waals surface area contributed by atoms with Crippen LogP contribution in [0.1, 0.15) is 64.0 Å². The number of nitrogens with one attached hydrogen (secondary N) is 6. The standard InChI is InChI=1S/C42H54N8O8/c1-24(2)19-30-38(54)47-32(21-27-22-43-29-14-8-7-13-28(27)29)42(58)50-18-10-16-34(50)39(55)45-31(20-26-11-5-4-6-12-26)37(53)44-23-35(52)49-17-9-15-33(49)40(56)48-36(25(3)51)41(57)46-30/h4-8,11-14,22,24-25,30-34,36,43,51H,9-10,15-21,23H2,1-3H3,(H,44,53)(H,45,55)(H,46,57)(H,47,54)(H,48,56)/t25?,30-,31?,32?,33-,34-,36-/m1/s1. The van der Waals surface area contributed by atoms with Gasteiger partial charge >= 0.3 is 0 Å². The Morgan fingerprint density at radius 1 is 0.672 bits per heavy atom. The summed E-state index contributed by atoms with van der Waals surface area (Å²) in [6.45, 7) is 5.06. The maximum atomic E-state index is 14.7. The number of carbonyl (C=O) groups is 7. The summed E-state index contributed by atoms with van der Waals surface area (Å²) in [5, 5.41) is 25.2. The maximum Gasteiger partial charge on any atom is 0.246 e. The zero-order chi connectivity index (χ0) is 41.5. The van der Waals surface area contributed by atoms with Crippen molar-refractivity contribution in [2.75, 3.05) is 19.6 Å². The van der Waals surface area contributed by atoms with Gasteiger partial charge in [-0.25, -0.2) is 0 Å². The second-order valence-corrected chi connectivity index (χ2v) is 15.9. The van der Waals surface area contributed by atoms with Crippen molar-refractivity contribution in [3.63, 3.8) is 0 Å². The van der Waals surface area contributed by atoms with Crippen molar-refractivity contribution in [1.29, 1.82) is 0 Å². The summed E-state index contributed by atoms with van der Waals surface area (Å²) in [5.41, 5.74) is 2.33. The highest BCUT2D eigenvalue weighted by Gasteiger charge is 2.42. The molecule has 7 N–H and O–H groups in total. The lowest BCUT2D eigenvalue weighted by atomic mass is 9.99. The zero-order valence-corrected chi connectivity index (χ0v) is 33.2. The monoisotopic (exact) mass is 798 g/mol. The van der Waals surface area contributed by atoms with Gasteiger partial charge in [0.2, 0.25) is 41.4 Å². The largest absolute Gasteiger partial charge is 0.391 e. The highest BCUT2D eigenvalue weighted by atomic mass is 16.3. The number of nitrogens with zero attached hydrogens (tertiary/aromatic N) is 2. The third kappa shape index (κ3) is 9.84. The molecule has 3 saturated heterocycles. The number of amides is 7. The lowest BCUT2D eigenvalue weighted by Crippen LogP contribution is -2.61. The number of fused-ring (bicyclic) bond motifs is 3. The number of aromatic amines is 1. The summed E-state index contributed by atoms with van der Waals surface area (Å²) >= 11 is 0. The number of para-hydroxylation sites is 1. The van der Waals surface area contributed by atoms with E-state index in [0.717, 1.165) is 22.0 Å². The molecule has 1 aromatic heterocycles. The summed E-state index contributed by atoms with van der Waals surface area (Å²) in [7, 11) is 0. The van der Waals surface area contributed by atoms with E-state index in [1.54, 1.807) is 6.20 Å². The van der Waals surface area contributed by atoms with E-state index in [0.29, 0.717) is 19.3 Å². The summed E-state index contributed by atoms with van der Waals surface area (Å²) in [4.78, 5) is 104. The van der Waals surface area contributed by atoms with E-state index in [1.807, 2.05) is 68.4 Å². The molecule has 58 heavy (non-hydrogen) atoms. The Bertz CT molecular complexity index is 2000. The van der Waals surface area contributed by atoms with Gasteiger partial charge in [0, 0.05) is 43.0 Å². The SMILES string of the molecule is CC(C)C[C@H]1NC(=O)[C@@H](C(C)O)NC(=O)[C@H]2CCCN2C(=O)CNC(=O)C(Cc2ccccc2)NC(=O)[C@H]2CCCN2C(=O)C(Cc2c[nH]c3ccccc23)NC1=O. The molecule has 0 spiro atoms. The van der Waals surface area contributed by atoms with Crippen LogP contribution in [0.15, 0.2) is 60.8 Å². The van der Waals surface area contributed by atoms with E-state index >= 15 is 0 Å². The number of rotatable bonds is 7. The smallest absolute Gasteiger partial charge is 0.246 e. The van der Waals surface area contributed by atoms with Crippen LogP contribution >= 0.6 is 0 Å². The van der Waals surface area contributed by atoms with Gasteiger partial charge in [0.15, 0.2) is 0 Å². The van der Waals surface area contributed by atoms with Gasteiger partial charge < -0.3 is 46.5 Å². The first-order valence-corrected chi connectivity index (χ1v) is 20.2. The molecule has 3 unspecified atom stereocenters. The zero-order valence-electron chi connectivity index (χ0n) is 33.2. The molecule has 0 saturated carbocycles. The van der Waals surface area contributed by atoms with Crippen molar-refractivity contribution in [3.05, 3.63) is 71.9 Å². The molecule has 2 aromatic carbocycles. The third-order valence-electron chi connectivity index (χ3n) is 11.2. The van der Waals surface area contributed by atoms with Gasteiger partial charge in [0.25, 0.3) is 0 Å². The molecule has 310 valence electrons. The lowest BCUT2D eigenvalue weighted by Gasteiger charge is -2.31. The molecule has 0 bridgehead atoms. The number of aliphatic hydroxyl groups is 1. The molecule has 0 radical (unpaired) electrons. The van der Waals surface area contributed by atoms with E-state index in [2.05, 4.69) is 31.6 Å². The van der Waals surface area contributed by atoms with Crippen molar-refractivity contribution < 1.29 is 38.7 Å². The van der Waals surface area contributed by atoms with Crippen LogP contribution in [0.25, 0.3) is 10.9 Å². The van der Waals surface area contributed by atoms with E-state index in [4.69, 9.17) is 0 Å². The Kier molecular flexibility index (Phi) is 13.5. The molecule has 16 heteroatoms. The molecule has 3 aliphatic rings. The summed E-state index contributed by atoms with van der Waals surface area (Å²) < 4.78 is 0. The number of hydrogen-bond acceptors (Lipinski definition) is 8. The van der Waals surface area contributed by atoms with Crippen molar-refractivity contribution in [2.24, 2.45) is 5.92 Å². The Hall–Kier alpha value is -5.77. The molecule has 7 amide bonds. The van der Waals surface area contributed by atoms with Gasteiger partial charge in [-0.3, -0.25) is 33.6 Å². The first kappa shape index (κ1) is 41.9. The van der Waals surface area contributed by atoms with Crippen LogP contribution in [0.3, 0.4) is 0 Å². The number of aliphatic hydroxyl groups excluding tert-OH is 1. The number of hydrogen-bond donors (Lipinski definition) is 7. The van der Waals surface area contributed by atoms with Crippen molar-refractivity contribution >= 4 is 52.3 Å². The first-order chi connectivity index (χ1) is 27.8. The Morgan fingerprint density at radius 2 is 1.29 bits per heavy atom. The molecular weight excluding hydrogens is 745 g/mol. The second-order valence-electron chi connectivity index (χ2n) is 15.9. The van der Waals surface area contributed by atoms with Gasteiger partial charge in [0.1, 0.15) is 36.3 Å². The maximum absolute atomic E-state index is 14.7. The fourth-order valence-electron chi connectivity index (χ4n) is 8.17. The minimum absolute atomic E-state index is 0.0546. The number of benzene rings is 2. The second kappa shape index (κ2) is 18.7. The van der Waals surface area contributed by atoms with E-state index < -0.39 is 90.3 Å². The van der Waals surface area contributed by atoms with Gasteiger partial charge in [-0.2, -0.15) is 0 Å². The molecule has 3 fully saturated rings. The lowest BCUT2D eigenvalue weighted by molar-refractivity contribution is -0.142. The van der Waals surface area contributed by atoms with Gasteiger partial charge in [-0.15, -0.1) is 0 Å². The van der Waals surface area contributed by atoms with Crippen molar-refractivity contribution in [3.8, 4) is 0 Å². The van der Waals surface area contributed by atoms with Crippen LogP contribution in [0.5, 0.6) is 0 Å². The van der Waals surface area contributed by atoms with Crippen LogP contribution in [0, 0.1) is 5.92 Å². The van der Waals surface area contributed by atoms with Crippen LogP contribution in [-0.2, 0) is 46.4 Å². The van der Waals surface area contributed by atoms with Crippen LogP contribution in [0.4, 0.5) is 0 Å². The molecule has 6 rings (SSSR count). The molecule has 7 atom stereocenters. The summed E-state index contributed by atoms with van der Waals surface area (Å²) in [6, 6.07) is 9.72. The molecule has 16 nitrogen and oxygen atoms in total. The van der Waals surface area contributed by atoms with Crippen LogP contribution in [-0.4, -0.2) is 123 Å². The van der Waals surface area contributed by atoms with E-state index in [1.165, 1.54) is 16.7 Å². The summed E-state index contributed by atoms with van der Waals surface area (Å²) in [5.74, 6) is -4.48. The quantitative estimate of drug-likeness (QED) is 0.177. The first-order valence-electron chi connectivity index (χ1n) is 20.2. The predicted molar refractivity (Wildman–Crippen MR) is 213 cm³/mol. The highest BCUT2D eigenvalue weighted by molar-refractivity contribution is 5.99. The summed E-state index contributed by atoms with van der Waals surface area (Å²) in [6.07, 6.45) is 2.29. The van der Waals surface area contributed by atoms with Crippen LogP contribution < -0.4 is 26.6 Å². The molecule has 3 aromatic rings. The molecule has 4 heterocycles. The topological polar surface area (TPSA) is 222 Å². The fraction of sp³-hybridized carbons (Fsp3) is 0.500. The van der Waals surface area contributed by atoms with Gasteiger partial charge in [0.05, 0.1) is 12.6 Å². The number of carbonyl (C=O) groups excluding carboxylic acids is 7. The number of aromatic nitrogens is 1. The van der Waals surface area contributed by atoms with Gasteiger partial charge in [-0.1, -0.05) is 62.4 Å². The van der Waals surface area contributed by atoms with Gasteiger partial charge in [-0.05, 0) is 62.1 Å². The highest BCUT2D eigenvalue weighted by Crippen LogP contribution is 2.24. The van der Waals surface area contributed by atoms with Crippen LogP contribution in [0.2, 0.25) is 0 Å². The minimum Gasteiger partial charge on any atom is -0.391 e. The Morgan fingerprint density at radius 3 is 2.00 bits per heavy atom. The predicted octanol–water partition coefficient (Wildman–Crippen LogP) is 0.431. The van der Waals surface area contributed by atoms with E-state index in [9.17, 15) is 38.7 Å². The average molecular weight is 799 g/mol. The Labute approximate surface area is 337 Å². The third-order valence-corrected chi connectivity index (χ3v) is 11.2. The van der Waals surface area contributed by atoms with Crippen molar-refractivity contribution in [2.45, 2.75) is 108 Å². The molecule has 3 aliphatic heterocycles. The van der Waals surface area contributed by atoms with Crippen molar-refractivity contribution in [1.82, 2.24) is 41.4 Å². The fourth-order valence-corrected chi connectivity index (χ4v) is 8.17. The van der Waals surface area contributed by atoms with E-state index in [-0.39, 0.29) is 44.7 Å². The molecule has 0 aliphatic carbocycles.